The van der Waals surface area contributed by atoms with Crippen molar-refractivity contribution in [3.05, 3.63) is 0 Å². The van der Waals surface area contributed by atoms with Gasteiger partial charge in [0.25, 0.3) is 0 Å². The van der Waals surface area contributed by atoms with Gasteiger partial charge in [-0.2, -0.15) is 0 Å². The Hall–Kier alpha value is -0.120. The minimum atomic E-state index is 0.546. The summed E-state index contributed by atoms with van der Waals surface area (Å²) in [5, 5.41) is 0. The molecule has 0 spiro atoms. The van der Waals surface area contributed by atoms with E-state index in [1.165, 1.54) is 19.3 Å². The van der Waals surface area contributed by atoms with Crippen molar-refractivity contribution < 1.29 is 9.47 Å². The van der Waals surface area contributed by atoms with Crippen LogP contribution < -0.4 is 0 Å². The van der Waals surface area contributed by atoms with Crippen LogP contribution in [0.15, 0.2) is 0 Å². The minimum absolute atomic E-state index is 0.546. The molecule has 3 heteroatoms. The molecule has 0 aromatic heterocycles. The lowest BCUT2D eigenvalue weighted by Crippen LogP contribution is -2.49. The summed E-state index contributed by atoms with van der Waals surface area (Å²) in [7, 11) is 0. The van der Waals surface area contributed by atoms with Gasteiger partial charge in [-0.15, -0.1) is 0 Å². The molecule has 6 aliphatic rings. The van der Waals surface area contributed by atoms with Crippen LogP contribution in [0.2, 0.25) is 0 Å². The number of hydrogen-bond acceptors (Lipinski definition) is 3. The van der Waals surface area contributed by atoms with Gasteiger partial charge in [-0.3, -0.25) is 4.90 Å². The van der Waals surface area contributed by atoms with Crippen LogP contribution >= 0.6 is 0 Å². The van der Waals surface area contributed by atoms with Crippen LogP contribution in [0.3, 0.4) is 0 Å². The zero-order chi connectivity index (χ0) is 13.2. The lowest BCUT2D eigenvalue weighted by atomic mass is 9.48. The molecule has 0 radical (unpaired) electrons. The molecule has 6 fully saturated rings. The molecule has 2 saturated heterocycles. The van der Waals surface area contributed by atoms with Crippen LogP contribution in [0.4, 0.5) is 0 Å². The molecule has 2 aliphatic heterocycles. The minimum Gasteiger partial charge on any atom is -0.379 e. The van der Waals surface area contributed by atoms with E-state index >= 15 is 0 Å². The molecule has 4 aliphatic carbocycles. The zero-order valence-electron chi connectivity index (χ0n) is 12.4. The molecule has 4 saturated carbocycles. The summed E-state index contributed by atoms with van der Waals surface area (Å²) in [5.74, 6) is 3.15. The summed E-state index contributed by atoms with van der Waals surface area (Å²) in [6, 6.07) is 0. The molecule has 0 amide bonds. The van der Waals surface area contributed by atoms with Gasteiger partial charge >= 0.3 is 0 Å². The molecule has 0 aromatic rings. The Balaban J connectivity index is 1.26. The second-order valence-corrected chi connectivity index (χ2v) is 8.29. The third-order valence-corrected chi connectivity index (χ3v) is 6.81. The van der Waals surface area contributed by atoms with Gasteiger partial charge in [0.05, 0.1) is 25.4 Å². The van der Waals surface area contributed by atoms with Crippen molar-refractivity contribution in [2.75, 3.05) is 32.8 Å². The molecule has 6 rings (SSSR count). The van der Waals surface area contributed by atoms with Crippen LogP contribution in [0.5, 0.6) is 0 Å². The molecule has 0 N–H and O–H groups in total. The molecule has 2 atom stereocenters. The largest absolute Gasteiger partial charge is 0.379 e. The summed E-state index contributed by atoms with van der Waals surface area (Å²) in [6.45, 7) is 5.19. The fourth-order valence-corrected chi connectivity index (χ4v) is 6.38. The van der Waals surface area contributed by atoms with Crippen LogP contribution in [-0.4, -0.2) is 50.0 Å². The molecular weight excluding hydrogens is 250 g/mol. The fraction of sp³-hybridized carbons (Fsp3) is 1.00. The van der Waals surface area contributed by atoms with Gasteiger partial charge in [0.2, 0.25) is 0 Å². The SMILES string of the molecule is C1CN(C[C@H]2O[C@@H]2C23CC4CC(CC(C4)C2)C3)CCO1. The number of epoxide rings is 1. The highest BCUT2D eigenvalue weighted by Gasteiger charge is 2.61. The van der Waals surface area contributed by atoms with Crippen molar-refractivity contribution in [2.45, 2.75) is 50.7 Å². The highest BCUT2D eigenvalue weighted by molar-refractivity contribution is 5.10. The second kappa shape index (κ2) is 4.44. The average Bonchev–Trinajstić information content (AvgIpc) is 3.18. The first kappa shape index (κ1) is 12.4. The highest BCUT2D eigenvalue weighted by atomic mass is 16.6. The van der Waals surface area contributed by atoms with Gasteiger partial charge in [0, 0.05) is 19.6 Å². The van der Waals surface area contributed by atoms with Crippen molar-refractivity contribution in [2.24, 2.45) is 23.2 Å². The van der Waals surface area contributed by atoms with E-state index < -0.39 is 0 Å². The second-order valence-electron chi connectivity index (χ2n) is 8.29. The Kier molecular flexibility index (Phi) is 2.76. The lowest BCUT2D eigenvalue weighted by Gasteiger charge is -2.56. The predicted octanol–water partition coefficient (Wildman–Crippen LogP) is 2.30. The van der Waals surface area contributed by atoms with Crippen molar-refractivity contribution in [1.29, 1.82) is 0 Å². The molecule has 20 heavy (non-hydrogen) atoms. The van der Waals surface area contributed by atoms with Crippen LogP contribution in [0, 0.1) is 23.2 Å². The van der Waals surface area contributed by atoms with E-state index in [9.17, 15) is 0 Å². The van der Waals surface area contributed by atoms with Crippen LogP contribution in [0.1, 0.15) is 38.5 Å². The maximum atomic E-state index is 6.22. The van der Waals surface area contributed by atoms with E-state index in [1.807, 2.05) is 0 Å². The van der Waals surface area contributed by atoms with E-state index in [0.29, 0.717) is 17.6 Å². The smallest absolute Gasteiger partial charge is 0.0974 e. The fourth-order valence-electron chi connectivity index (χ4n) is 6.38. The summed E-state index contributed by atoms with van der Waals surface area (Å²) < 4.78 is 11.7. The van der Waals surface area contributed by atoms with Gasteiger partial charge in [-0.25, -0.2) is 0 Å². The first-order valence-electron chi connectivity index (χ1n) is 8.76. The summed E-state index contributed by atoms with van der Waals surface area (Å²) in [5.41, 5.74) is 0.603. The maximum absolute atomic E-state index is 6.22. The lowest BCUT2D eigenvalue weighted by molar-refractivity contribution is -0.0670. The van der Waals surface area contributed by atoms with Crippen molar-refractivity contribution in [3.63, 3.8) is 0 Å². The standard InChI is InChI=1S/C17H27NO2/c1-3-19-4-2-18(1)11-15-16(20-15)17-8-12-5-13(9-17)7-14(6-12)10-17/h12-16H,1-11H2/t12?,13?,14?,15-,16+,17?/m1/s1. The van der Waals surface area contributed by atoms with Crippen molar-refractivity contribution >= 4 is 0 Å². The molecule has 0 unspecified atom stereocenters. The first-order valence-corrected chi connectivity index (χ1v) is 8.76. The monoisotopic (exact) mass is 277 g/mol. The summed E-state index contributed by atoms with van der Waals surface area (Å²) in [6.07, 6.45) is 10.2. The van der Waals surface area contributed by atoms with Crippen LogP contribution in [0.25, 0.3) is 0 Å². The molecule has 0 aromatic carbocycles. The topological polar surface area (TPSA) is 25.0 Å². The third-order valence-electron chi connectivity index (χ3n) is 6.81. The van der Waals surface area contributed by atoms with Crippen molar-refractivity contribution in [1.82, 2.24) is 4.90 Å². The molecule has 4 bridgehead atoms. The van der Waals surface area contributed by atoms with Crippen molar-refractivity contribution in [3.8, 4) is 0 Å². The Bertz CT molecular complexity index is 355. The molecule has 2 heterocycles. The predicted molar refractivity (Wildman–Crippen MR) is 76.5 cm³/mol. The number of hydrogen-bond donors (Lipinski definition) is 0. The quantitative estimate of drug-likeness (QED) is 0.740. The average molecular weight is 277 g/mol. The van der Waals surface area contributed by atoms with E-state index in [1.54, 1.807) is 19.3 Å². The van der Waals surface area contributed by atoms with Gasteiger partial charge in [0.15, 0.2) is 0 Å². The first-order chi connectivity index (χ1) is 9.81. The van der Waals surface area contributed by atoms with Gasteiger partial charge < -0.3 is 9.47 Å². The normalized spacial score (nSPS) is 54.3. The molecule has 3 nitrogen and oxygen atoms in total. The number of rotatable bonds is 3. The number of morpholine rings is 1. The Labute approximate surface area is 122 Å². The van der Waals surface area contributed by atoms with E-state index in [0.717, 1.165) is 50.6 Å². The summed E-state index contributed by atoms with van der Waals surface area (Å²) in [4.78, 5) is 2.55. The number of nitrogens with zero attached hydrogens (tertiary/aromatic N) is 1. The number of ether oxygens (including phenoxy) is 2. The van der Waals surface area contributed by atoms with Gasteiger partial charge in [-0.1, -0.05) is 0 Å². The Morgan fingerprint density at radius 3 is 2.10 bits per heavy atom. The van der Waals surface area contributed by atoms with E-state index in [-0.39, 0.29) is 0 Å². The highest BCUT2D eigenvalue weighted by Crippen LogP contribution is 2.64. The zero-order valence-corrected chi connectivity index (χ0v) is 12.4. The van der Waals surface area contributed by atoms with E-state index in [4.69, 9.17) is 9.47 Å². The molecule has 112 valence electrons. The Morgan fingerprint density at radius 1 is 0.900 bits per heavy atom. The Morgan fingerprint density at radius 2 is 1.50 bits per heavy atom. The van der Waals surface area contributed by atoms with E-state index in [2.05, 4.69) is 4.90 Å². The summed E-state index contributed by atoms with van der Waals surface area (Å²) >= 11 is 0. The van der Waals surface area contributed by atoms with Gasteiger partial charge in [-0.05, 0) is 61.7 Å². The third kappa shape index (κ3) is 1.97. The van der Waals surface area contributed by atoms with Crippen LogP contribution in [-0.2, 0) is 9.47 Å². The van der Waals surface area contributed by atoms with Gasteiger partial charge in [0.1, 0.15) is 0 Å². The maximum Gasteiger partial charge on any atom is 0.0974 e. The molecular formula is C17H27NO2.